The monoisotopic (exact) mass is 265 g/mol. The standard InChI is InChI=1S/C14H23N3O2/c1-4-11(5-2)17(8-9-19-3)14(18)12-6-7-16-10-13(12)15/h6-7,10-11H,4-5,8-9,15H2,1-3H3. The third kappa shape index (κ3) is 3.92. The van der Waals surface area contributed by atoms with Gasteiger partial charge in [0.15, 0.2) is 0 Å². The number of hydrogen-bond donors (Lipinski definition) is 1. The molecule has 1 heterocycles. The number of rotatable bonds is 7. The molecule has 0 aliphatic carbocycles. The highest BCUT2D eigenvalue weighted by atomic mass is 16.5. The largest absolute Gasteiger partial charge is 0.397 e. The number of carbonyl (C=O) groups excluding carboxylic acids is 1. The molecule has 1 amide bonds. The third-order valence-electron chi connectivity index (χ3n) is 3.26. The SMILES string of the molecule is CCC(CC)N(CCOC)C(=O)c1ccncc1N. The van der Waals surface area contributed by atoms with Gasteiger partial charge >= 0.3 is 0 Å². The maximum atomic E-state index is 12.6. The van der Waals surface area contributed by atoms with Gasteiger partial charge in [-0.25, -0.2) is 0 Å². The Balaban J connectivity index is 2.96. The van der Waals surface area contributed by atoms with Crippen LogP contribution < -0.4 is 5.73 Å². The molecule has 5 heteroatoms. The van der Waals surface area contributed by atoms with E-state index in [0.717, 1.165) is 12.8 Å². The molecule has 19 heavy (non-hydrogen) atoms. The van der Waals surface area contributed by atoms with Gasteiger partial charge in [0, 0.05) is 25.9 Å². The van der Waals surface area contributed by atoms with Crippen LogP contribution in [0.2, 0.25) is 0 Å². The molecule has 0 unspecified atom stereocenters. The first-order valence-corrected chi connectivity index (χ1v) is 6.65. The molecular formula is C14H23N3O2. The lowest BCUT2D eigenvalue weighted by atomic mass is 10.1. The van der Waals surface area contributed by atoms with Crippen molar-refractivity contribution in [3.8, 4) is 0 Å². The second-order valence-electron chi connectivity index (χ2n) is 4.42. The summed E-state index contributed by atoms with van der Waals surface area (Å²) in [5.74, 6) is -0.0503. The van der Waals surface area contributed by atoms with Gasteiger partial charge < -0.3 is 15.4 Å². The van der Waals surface area contributed by atoms with Gasteiger partial charge in [-0.1, -0.05) is 13.8 Å². The van der Waals surface area contributed by atoms with Gasteiger partial charge in [0.25, 0.3) is 5.91 Å². The fourth-order valence-corrected chi connectivity index (χ4v) is 2.13. The van der Waals surface area contributed by atoms with Gasteiger partial charge in [-0.15, -0.1) is 0 Å². The molecule has 5 nitrogen and oxygen atoms in total. The van der Waals surface area contributed by atoms with E-state index in [1.165, 1.54) is 6.20 Å². The number of amides is 1. The number of methoxy groups -OCH3 is 1. The van der Waals surface area contributed by atoms with Crippen LogP contribution in [0.15, 0.2) is 18.5 Å². The number of carbonyl (C=O) groups is 1. The number of anilines is 1. The van der Waals surface area contributed by atoms with Gasteiger partial charge in [-0.05, 0) is 18.9 Å². The van der Waals surface area contributed by atoms with E-state index in [1.54, 1.807) is 19.4 Å². The maximum Gasteiger partial charge on any atom is 0.256 e. The first-order valence-electron chi connectivity index (χ1n) is 6.65. The van der Waals surface area contributed by atoms with Crippen molar-refractivity contribution in [2.75, 3.05) is 26.0 Å². The Kier molecular flexibility index (Phi) is 6.29. The first-order chi connectivity index (χ1) is 9.15. The van der Waals surface area contributed by atoms with Crippen molar-refractivity contribution in [3.05, 3.63) is 24.0 Å². The minimum absolute atomic E-state index is 0.0503. The molecule has 0 bridgehead atoms. The molecule has 0 aromatic carbocycles. The number of ether oxygens (including phenoxy) is 1. The summed E-state index contributed by atoms with van der Waals surface area (Å²) in [6.07, 6.45) is 4.92. The van der Waals surface area contributed by atoms with E-state index in [4.69, 9.17) is 10.5 Å². The number of hydrogen-bond acceptors (Lipinski definition) is 4. The highest BCUT2D eigenvalue weighted by Gasteiger charge is 2.23. The molecule has 2 N–H and O–H groups in total. The maximum absolute atomic E-state index is 12.6. The van der Waals surface area contributed by atoms with E-state index < -0.39 is 0 Å². The molecule has 0 saturated heterocycles. The molecular weight excluding hydrogens is 242 g/mol. The Morgan fingerprint density at radius 2 is 2.16 bits per heavy atom. The number of aromatic nitrogens is 1. The van der Waals surface area contributed by atoms with Crippen molar-refractivity contribution < 1.29 is 9.53 Å². The van der Waals surface area contributed by atoms with E-state index in [-0.39, 0.29) is 11.9 Å². The summed E-state index contributed by atoms with van der Waals surface area (Å²) in [5, 5.41) is 0. The Morgan fingerprint density at radius 1 is 1.47 bits per heavy atom. The van der Waals surface area contributed by atoms with E-state index in [9.17, 15) is 4.79 Å². The van der Waals surface area contributed by atoms with Crippen molar-refractivity contribution in [2.45, 2.75) is 32.7 Å². The van der Waals surface area contributed by atoms with Crippen LogP contribution >= 0.6 is 0 Å². The summed E-state index contributed by atoms with van der Waals surface area (Å²) in [5.41, 5.74) is 6.76. The van der Waals surface area contributed by atoms with E-state index in [0.29, 0.717) is 24.4 Å². The van der Waals surface area contributed by atoms with Gasteiger partial charge in [0.2, 0.25) is 0 Å². The Hall–Kier alpha value is -1.62. The number of pyridine rings is 1. The second-order valence-corrected chi connectivity index (χ2v) is 4.42. The fourth-order valence-electron chi connectivity index (χ4n) is 2.13. The summed E-state index contributed by atoms with van der Waals surface area (Å²) < 4.78 is 5.09. The normalized spacial score (nSPS) is 10.7. The van der Waals surface area contributed by atoms with Crippen LogP contribution in [0.1, 0.15) is 37.0 Å². The zero-order valence-electron chi connectivity index (χ0n) is 11.9. The number of nitrogen functional groups attached to an aromatic ring is 1. The highest BCUT2D eigenvalue weighted by molar-refractivity contribution is 5.99. The third-order valence-corrected chi connectivity index (χ3v) is 3.26. The van der Waals surface area contributed by atoms with Crippen molar-refractivity contribution >= 4 is 11.6 Å². The molecule has 0 radical (unpaired) electrons. The Bertz CT molecular complexity index is 405. The predicted octanol–water partition coefficient (Wildman–Crippen LogP) is 1.94. The first kappa shape index (κ1) is 15.4. The zero-order chi connectivity index (χ0) is 14.3. The van der Waals surface area contributed by atoms with Crippen LogP contribution in [0, 0.1) is 0 Å². The van der Waals surface area contributed by atoms with Gasteiger partial charge in [0.05, 0.1) is 24.1 Å². The molecule has 0 atom stereocenters. The van der Waals surface area contributed by atoms with Crippen LogP contribution in [-0.2, 0) is 4.74 Å². The average molecular weight is 265 g/mol. The summed E-state index contributed by atoms with van der Waals surface area (Å²) >= 11 is 0. The summed E-state index contributed by atoms with van der Waals surface area (Å²) in [7, 11) is 1.64. The molecule has 0 aliphatic rings. The van der Waals surface area contributed by atoms with E-state index in [2.05, 4.69) is 18.8 Å². The molecule has 106 valence electrons. The molecule has 1 aromatic rings. The van der Waals surface area contributed by atoms with Gasteiger partial charge in [0.1, 0.15) is 0 Å². The summed E-state index contributed by atoms with van der Waals surface area (Å²) in [6.45, 7) is 5.25. The summed E-state index contributed by atoms with van der Waals surface area (Å²) in [4.78, 5) is 18.3. The molecule has 0 spiro atoms. The lowest BCUT2D eigenvalue weighted by Gasteiger charge is -2.30. The Morgan fingerprint density at radius 3 is 2.68 bits per heavy atom. The molecule has 0 aliphatic heterocycles. The van der Waals surface area contributed by atoms with Crippen LogP contribution in [0.4, 0.5) is 5.69 Å². The lowest BCUT2D eigenvalue weighted by Crippen LogP contribution is -2.42. The fraction of sp³-hybridized carbons (Fsp3) is 0.571. The minimum Gasteiger partial charge on any atom is -0.397 e. The van der Waals surface area contributed by atoms with E-state index >= 15 is 0 Å². The molecule has 0 fully saturated rings. The lowest BCUT2D eigenvalue weighted by molar-refractivity contribution is 0.0590. The number of nitrogens with zero attached hydrogens (tertiary/aromatic N) is 2. The van der Waals surface area contributed by atoms with Gasteiger partial charge in [-0.3, -0.25) is 9.78 Å². The topological polar surface area (TPSA) is 68.5 Å². The zero-order valence-corrected chi connectivity index (χ0v) is 11.9. The molecule has 0 saturated carbocycles. The smallest absolute Gasteiger partial charge is 0.256 e. The highest BCUT2D eigenvalue weighted by Crippen LogP contribution is 2.17. The van der Waals surface area contributed by atoms with E-state index in [1.807, 2.05) is 4.90 Å². The number of nitrogens with two attached hydrogens (primary N) is 1. The second kappa shape index (κ2) is 7.74. The summed E-state index contributed by atoms with van der Waals surface area (Å²) in [6, 6.07) is 1.87. The van der Waals surface area contributed by atoms with Crippen LogP contribution in [-0.4, -0.2) is 42.1 Å². The van der Waals surface area contributed by atoms with Crippen molar-refractivity contribution in [1.82, 2.24) is 9.88 Å². The quantitative estimate of drug-likeness (QED) is 0.818. The predicted molar refractivity (Wildman–Crippen MR) is 75.9 cm³/mol. The van der Waals surface area contributed by atoms with Crippen molar-refractivity contribution in [1.29, 1.82) is 0 Å². The van der Waals surface area contributed by atoms with Crippen molar-refractivity contribution in [2.24, 2.45) is 0 Å². The molecule has 1 rings (SSSR count). The van der Waals surface area contributed by atoms with Crippen LogP contribution in [0.5, 0.6) is 0 Å². The molecule has 1 aromatic heterocycles. The van der Waals surface area contributed by atoms with Crippen LogP contribution in [0.3, 0.4) is 0 Å². The van der Waals surface area contributed by atoms with Crippen LogP contribution in [0.25, 0.3) is 0 Å². The van der Waals surface area contributed by atoms with Gasteiger partial charge in [-0.2, -0.15) is 0 Å². The van der Waals surface area contributed by atoms with Crippen molar-refractivity contribution in [3.63, 3.8) is 0 Å². The Labute approximate surface area is 114 Å². The average Bonchev–Trinajstić information content (AvgIpc) is 2.43. The minimum atomic E-state index is -0.0503.